The number of thiophene rings is 1. The highest BCUT2D eigenvalue weighted by atomic mass is 32.1. The van der Waals surface area contributed by atoms with Gasteiger partial charge in [0.05, 0.1) is 0 Å². The standard InChI is InChI=1S/C28H30N4O3S/c1-17-7-9-18(10-8-17)22-16-32(27(33)24-26(29)31-13-12-30-24)14-11-20(22)21-15-23(36-25(21)28(34)35)19-5-3-2-4-6-19/h2-6,12-13,15,17-18H,7-11,14,16H2,1H3,(H2,29,31)(H,34,35). The number of hydrogen-bond acceptors (Lipinski definition) is 6. The first-order valence-corrected chi connectivity index (χ1v) is 13.2. The Balaban J connectivity index is 1.56. The number of aromatic nitrogens is 2. The Morgan fingerprint density at radius 3 is 2.50 bits per heavy atom. The highest BCUT2D eigenvalue weighted by Crippen LogP contribution is 2.43. The van der Waals surface area contributed by atoms with Gasteiger partial charge in [0.2, 0.25) is 0 Å². The summed E-state index contributed by atoms with van der Waals surface area (Å²) in [6.07, 6.45) is 7.92. The Labute approximate surface area is 214 Å². The zero-order valence-corrected chi connectivity index (χ0v) is 21.1. The summed E-state index contributed by atoms with van der Waals surface area (Å²) in [4.78, 5) is 37.0. The SMILES string of the molecule is CC1CCC(C2=C(c3cc(-c4ccccc4)sc3C(=O)O)CCN(C(=O)c3nccnc3N)C2)CC1. The molecule has 1 aromatic carbocycles. The Kier molecular flexibility index (Phi) is 6.87. The third-order valence-electron chi connectivity index (χ3n) is 7.42. The molecule has 1 fully saturated rings. The first kappa shape index (κ1) is 24.2. The van der Waals surface area contributed by atoms with Crippen molar-refractivity contribution >= 4 is 34.6 Å². The smallest absolute Gasteiger partial charge is 0.346 e. The highest BCUT2D eigenvalue weighted by Gasteiger charge is 2.33. The van der Waals surface area contributed by atoms with E-state index in [0.29, 0.717) is 36.2 Å². The minimum absolute atomic E-state index is 0.129. The van der Waals surface area contributed by atoms with Crippen molar-refractivity contribution in [1.29, 1.82) is 0 Å². The van der Waals surface area contributed by atoms with Gasteiger partial charge in [-0.2, -0.15) is 0 Å². The van der Waals surface area contributed by atoms with E-state index in [1.54, 1.807) is 4.90 Å². The molecule has 0 spiro atoms. The van der Waals surface area contributed by atoms with Crippen LogP contribution in [0.4, 0.5) is 5.82 Å². The van der Waals surface area contributed by atoms with Crippen LogP contribution in [-0.2, 0) is 0 Å². The molecule has 36 heavy (non-hydrogen) atoms. The minimum Gasteiger partial charge on any atom is -0.477 e. The molecule has 5 rings (SSSR count). The van der Waals surface area contributed by atoms with Gasteiger partial charge in [0.1, 0.15) is 4.88 Å². The number of aromatic carboxylic acids is 1. The van der Waals surface area contributed by atoms with Crippen molar-refractivity contribution in [3.63, 3.8) is 0 Å². The van der Waals surface area contributed by atoms with Crippen LogP contribution in [0.2, 0.25) is 0 Å². The summed E-state index contributed by atoms with van der Waals surface area (Å²) in [6, 6.07) is 11.9. The third kappa shape index (κ3) is 4.78. The maximum atomic E-state index is 13.3. The first-order chi connectivity index (χ1) is 17.4. The molecule has 0 atom stereocenters. The summed E-state index contributed by atoms with van der Waals surface area (Å²) in [7, 11) is 0. The van der Waals surface area contributed by atoms with Gasteiger partial charge >= 0.3 is 5.97 Å². The molecule has 3 aromatic rings. The fourth-order valence-electron chi connectivity index (χ4n) is 5.43. The summed E-state index contributed by atoms with van der Waals surface area (Å²) < 4.78 is 0. The second-order valence-corrected chi connectivity index (χ2v) is 10.8. The molecule has 0 radical (unpaired) electrons. The second-order valence-electron chi connectivity index (χ2n) is 9.75. The van der Waals surface area contributed by atoms with E-state index < -0.39 is 5.97 Å². The van der Waals surface area contributed by atoms with Crippen LogP contribution in [0.25, 0.3) is 16.0 Å². The van der Waals surface area contributed by atoms with Crippen molar-refractivity contribution in [2.24, 2.45) is 11.8 Å². The van der Waals surface area contributed by atoms with Crippen molar-refractivity contribution in [1.82, 2.24) is 14.9 Å². The molecule has 2 aromatic heterocycles. The zero-order chi connectivity index (χ0) is 25.2. The lowest BCUT2D eigenvalue weighted by Crippen LogP contribution is -2.39. The number of amides is 1. The van der Waals surface area contributed by atoms with Crippen molar-refractivity contribution in [2.45, 2.75) is 39.0 Å². The average Bonchev–Trinajstić information content (AvgIpc) is 3.35. The van der Waals surface area contributed by atoms with Crippen LogP contribution in [0, 0.1) is 11.8 Å². The molecule has 3 heterocycles. The van der Waals surface area contributed by atoms with Crippen LogP contribution in [0.5, 0.6) is 0 Å². The van der Waals surface area contributed by atoms with Gasteiger partial charge in [0.15, 0.2) is 11.5 Å². The molecule has 8 heteroatoms. The number of benzene rings is 1. The van der Waals surface area contributed by atoms with Crippen LogP contribution >= 0.6 is 11.3 Å². The Morgan fingerprint density at radius 2 is 1.81 bits per heavy atom. The predicted molar refractivity (Wildman–Crippen MR) is 142 cm³/mol. The molecule has 1 aliphatic carbocycles. The number of nitrogen functional groups attached to an aromatic ring is 1. The van der Waals surface area contributed by atoms with E-state index in [1.165, 1.54) is 29.3 Å². The van der Waals surface area contributed by atoms with Crippen molar-refractivity contribution in [3.05, 3.63) is 70.5 Å². The molecule has 3 N–H and O–H groups in total. The van der Waals surface area contributed by atoms with Crippen LogP contribution in [0.1, 0.15) is 64.8 Å². The van der Waals surface area contributed by atoms with E-state index in [1.807, 2.05) is 36.4 Å². The van der Waals surface area contributed by atoms with E-state index in [0.717, 1.165) is 47.3 Å². The lowest BCUT2D eigenvalue weighted by molar-refractivity contribution is 0.0699. The van der Waals surface area contributed by atoms with Gasteiger partial charge < -0.3 is 15.7 Å². The molecular formula is C28H30N4O3S. The van der Waals surface area contributed by atoms with Crippen LogP contribution in [0.15, 0.2) is 54.4 Å². The number of hydrogen-bond donors (Lipinski definition) is 2. The molecule has 2 aliphatic rings. The van der Waals surface area contributed by atoms with Gasteiger partial charge in [0, 0.05) is 35.9 Å². The molecule has 186 valence electrons. The number of carbonyl (C=O) groups is 2. The zero-order valence-electron chi connectivity index (χ0n) is 20.3. The van der Waals surface area contributed by atoms with Crippen molar-refractivity contribution < 1.29 is 14.7 Å². The number of carbonyl (C=O) groups excluding carboxylic acids is 1. The molecule has 0 bridgehead atoms. The van der Waals surface area contributed by atoms with Gasteiger partial charge in [-0.25, -0.2) is 14.8 Å². The normalized spacial score (nSPS) is 20.4. The van der Waals surface area contributed by atoms with Crippen molar-refractivity contribution in [3.8, 4) is 10.4 Å². The first-order valence-electron chi connectivity index (χ1n) is 12.4. The van der Waals surface area contributed by atoms with Crippen LogP contribution in [-0.4, -0.2) is 44.9 Å². The van der Waals surface area contributed by atoms with Crippen LogP contribution in [0.3, 0.4) is 0 Å². The quantitative estimate of drug-likeness (QED) is 0.469. The maximum absolute atomic E-state index is 13.3. The lowest BCUT2D eigenvalue weighted by Gasteiger charge is -2.37. The van der Waals surface area contributed by atoms with E-state index >= 15 is 0 Å². The van der Waals surface area contributed by atoms with Crippen molar-refractivity contribution in [2.75, 3.05) is 18.8 Å². The van der Waals surface area contributed by atoms with Gasteiger partial charge in [-0.3, -0.25) is 4.79 Å². The number of carboxylic acids is 1. The fraction of sp³-hybridized carbons (Fsp3) is 0.357. The van der Waals surface area contributed by atoms with E-state index in [2.05, 4.69) is 16.9 Å². The average molecular weight is 503 g/mol. The number of nitrogens with zero attached hydrogens (tertiary/aromatic N) is 3. The molecule has 1 aliphatic heterocycles. The Bertz CT molecular complexity index is 1310. The summed E-state index contributed by atoms with van der Waals surface area (Å²) in [6.45, 7) is 3.22. The molecule has 1 saturated carbocycles. The van der Waals surface area contributed by atoms with Gasteiger partial charge in [-0.15, -0.1) is 11.3 Å². The van der Waals surface area contributed by atoms with E-state index in [9.17, 15) is 14.7 Å². The maximum Gasteiger partial charge on any atom is 0.346 e. The summed E-state index contributed by atoms with van der Waals surface area (Å²) >= 11 is 1.32. The largest absolute Gasteiger partial charge is 0.477 e. The lowest BCUT2D eigenvalue weighted by atomic mass is 9.75. The second kappa shape index (κ2) is 10.2. The Morgan fingerprint density at radius 1 is 1.08 bits per heavy atom. The van der Waals surface area contributed by atoms with E-state index in [4.69, 9.17) is 5.73 Å². The van der Waals surface area contributed by atoms with E-state index in [-0.39, 0.29) is 17.4 Å². The summed E-state index contributed by atoms with van der Waals surface area (Å²) in [5.41, 5.74) is 10.2. The molecular weight excluding hydrogens is 472 g/mol. The molecule has 1 amide bonds. The third-order valence-corrected chi connectivity index (χ3v) is 8.59. The minimum atomic E-state index is -0.910. The number of carboxylic acid groups (broad SMARTS) is 1. The summed E-state index contributed by atoms with van der Waals surface area (Å²) in [5.74, 6) is 0.00480. The highest BCUT2D eigenvalue weighted by molar-refractivity contribution is 7.17. The molecule has 0 saturated heterocycles. The number of anilines is 1. The molecule has 7 nitrogen and oxygen atoms in total. The number of nitrogens with two attached hydrogens (primary N) is 1. The van der Waals surface area contributed by atoms with Gasteiger partial charge in [0.25, 0.3) is 5.91 Å². The monoisotopic (exact) mass is 502 g/mol. The van der Waals surface area contributed by atoms with Gasteiger partial charge in [-0.05, 0) is 53.9 Å². The van der Waals surface area contributed by atoms with Crippen LogP contribution < -0.4 is 5.73 Å². The summed E-state index contributed by atoms with van der Waals surface area (Å²) in [5, 5.41) is 10.1. The topological polar surface area (TPSA) is 109 Å². The number of rotatable bonds is 5. The Hall–Kier alpha value is -3.52. The fourth-order valence-corrected chi connectivity index (χ4v) is 6.46. The molecule has 0 unspecified atom stereocenters. The van der Waals surface area contributed by atoms with Gasteiger partial charge in [-0.1, -0.05) is 50.1 Å². The predicted octanol–water partition coefficient (Wildman–Crippen LogP) is 5.61.